The average Bonchev–Trinajstić information content (AvgIpc) is 3.06. The van der Waals surface area contributed by atoms with Crippen molar-refractivity contribution in [3.05, 3.63) is 105 Å². The van der Waals surface area contributed by atoms with Crippen LogP contribution in [0.2, 0.25) is 0 Å². The molecule has 5 nitrogen and oxygen atoms in total. The third-order valence-corrected chi connectivity index (χ3v) is 5.34. The molecule has 0 fully saturated rings. The maximum atomic E-state index is 14.6. The van der Waals surface area contributed by atoms with Gasteiger partial charge in [0.15, 0.2) is 5.58 Å². The Labute approximate surface area is 180 Å². The summed E-state index contributed by atoms with van der Waals surface area (Å²) < 4.78 is 21.9. The third-order valence-electron chi connectivity index (χ3n) is 4.85. The van der Waals surface area contributed by atoms with Crippen LogP contribution in [0.4, 0.5) is 4.39 Å². The number of benzene rings is 3. The highest BCUT2D eigenvalue weighted by Crippen LogP contribution is 2.27. The van der Waals surface area contributed by atoms with E-state index in [-0.39, 0.29) is 18.9 Å². The first-order chi connectivity index (χ1) is 14.5. The van der Waals surface area contributed by atoms with E-state index in [1.165, 1.54) is 10.6 Å². The second kappa shape index (κ2) is 8.67. The molecule has 1 heterocycles. The summed E-state index contributed by atoms with van der Waals surface area (Å²) in [5, 5.41) is 2.90. The van der Waals surface area contributed by atoms with E-state index in [2.05, 4.69) is 21.2 Å². The van der Waals surface area contributed by atoms with Crippen molar-refractivity contribution in [2.45, 2.75) is 19.0 Å². The zero-order chi connectivity index (χ0) is 21.1. The number of hydrogen-bond acceptors (Lipinski definition) is 3. The first kappa shape index (κ1) is 20.1. The van der Waals surface area contributed by atoms with Gasteiger partial charge in [-0.2, -0.15) is 0 Å². The first-order valence-corrected chi connectivity index (χ1v) is 10.2. The Balaban J connectivity index is 1.56. The zero-order valence-corrected chi connectivity index (χ0v) is 17.4. The number of nitrogens with zero attached hydrogens (tertiary/aromatic N) is 1. The lowest BCUT2D eigenvalue weighted by atomic mass is 9.98. The number of fused-ring (bicyclic) bond motifs is 1. The molecule has 1 amide bonds. The summed E-state index contributed by atoms with van der Waals surface area (Å²) in [5.41, 5.74) is 2.23. The quantitative estimate of drug-likeness (QED) is 0.442. The highest BCUT2D eigenvalue weighted by molar-refractivity contribution is 9.10. The molecule has 0 aliphatic rings. The molecule has 1 N–H and O–H groups in total. The van der Waals surface area contributed by atoms with Crippen molar-refractivity contribution in [3.63, 3.8) is 0 Å². The van der Waals surface area contributed by atoms with Gasteiger partial charge in [-0.15, -0.1) is 0 Å². The molecular formula is C23H18BrFN2O3. The van der Waals surface area contributed by atoms with Crippen LogP contribution in [0.25, 0.3) is 11.1 Å². The van der Waals surface area contributed by atoms with Crippen LogP contribution in [0.3, 0.4) is 0 Å². The van der Waals surface area contributed by atoms with Crippen molar-refractivity contribution >= 4 is 32.9 Å². The van der Waals surface area contributed by atoms with Gasteiger partial charge in [-0.25, -0.2) is 9.18 Å². The van der Waals surface area contributed by atoms with Gasteiger partial charge in [-0.05, 0) is 29.8 Å². The Morgan fingerprint density at radius 3 is 2.57 bits per heavy atom. The lowest BCUT2D eigenvalue weighted by molar-refractivity contribution is -0.121. The number of halogens is 2. The van der Waals surface area contributed by atoms with Crippen LogP contribution in [0.5, 0.6) is 0 Å². The number of aromatic nitrogens is 1. The summed E-state index contributed by atoms with van der Waals surface area (Å²) in [5.74, 6) is -1.23. The van der Waals surface area contributed by atoms with Gasteiger partial charge in [-0.3, -0.25) is 9.36 Å². The molecule has 0 radical (unpaired) electrons. The number of carbonyl (C=O) groups is 1. The van der Waals surface area contributed by atoms with E-state index in [1.54, 1.807) is 36.4 Å². The van der Waals surface area contributed by atoms with Gasteiger partial charge in [0.1, 0.15) is 5.82 Å². The second-order valence-electron chi connectivity index (χ2n) is 6.81. The topological polar surface area (TPSA) is 64.2 Å². The maximum absolute atomic E-state index is 14.6. The van der Waals surface area contributed by atoms with Gasteiger partial charge in [0.2, 0.25) is 5.91 Å². The highest BCUT2D eigenvalue weighted by atomic mass is 79.9. The van der Waals surface area contributed by atoms with Gasteiger partial charge < -0.3 is 9.73 Å². The van der Waals surface area contributed by atoms with Gasteiger partial charge >= 0.3 is 5.76 Å². The number of para-hydroxylation sites is 2. The van der Waals surface area contributed by atoms with Gasteiger partial charge in [-0.1, -0.05) is 64.5 Å². The molecule has 4 rings (SSSR count). The third kappa shape index (κ3) is 4.21. The number of nitrogens with one attached hydrogen (secondary N) is 1. The summed E-state index contributed by atoms with van der Waals surface area (Å²) in [7, 11) is 0. The number of carbonyl (C=O) groups excluding carboxylic acids is 1. The normalized spacial score (nSPS) is 12.1. The predicted octanol–water partition coefficient (Wildman–Crippen LogP) is 4.79. The molecule has 0 bridgehead atoms. The van der Waals surface area contributed by atoms with E-state index in [0.717, 1.165) is 5.56 Å². The van der Waals surface area contributed by atoms with Crippen molar-refractivity contribution in [1.82, 2.24) is 9.88 Å². The van der Waals surface area contributed by atoms with E-state index >= 15 is 0 Å². The maximum Gasteiger partial charge on any atom is 0.419 e. The Morgan fingerprint density at radius 2 is 1.80 bits per heavy atom. The average molecular weight is 469 g/mol. The molecule has 0 spiro atoms. The Hall–Kier alpha value is -3.19. The Kier molecular flexibility index (Phi) is 5.81. The fourth-order valence-electron chi connectivity index (χ4n) is 3.39. The van der Waals surface area contributed by atoms with Crippen molar-refractivity contribution in [3.8, 4) is 0 Å². The SMILES string of the molecule is O=C(CCn1c(=O)oc2ccccc21)NC(c1ccccc1)c1ccc(Br)cc1F. The predicted molar refractivity (Wildman–Crippen MR) is 116 cm³/mol. The molecule has 152 valence electrons. The molecule has 30 heavy (non-hydrogen) atoms. The number of hydrogen-bond donors (Lipinski definition) is 1. The van der Waals surface area contributed by atoms with E-state index in [4.69, 9.17) is 4.42 Å². The molecule has 0 saturated heterocycles. The van der Waals surface area contributed by atoms with Crippen LogP contribution in [0.1, 0.15) is 23.6 Å². The monoisotopic (exact) mass is 468 g/mol. The number of aryl methyl sites for hydroxylation is 1. The Morgan fingerprint density at radius 1 is 1.07 bits per heavy atom. The van der Waals surface area contributed by atoms with Crippen molar-refractivity contribution in [1.29, 1.82) is 0 Å². The number of oxazole rings is 1. The largest absolute Gasteiger partial charge is 0.419 e. The number of rotatable bonds is 6. The van der Waals surface area contributed by atoms with Gasteiger partial charge in [0, 0.05) is 23.0 Å². The fourth-order valence-corrected chi connectivity index (χ4v) is 3.73. The fraction of sp³-hybridized carbons (Fsp3) is 0.130. The van der Waals surface area contributed by atoms with Crippen LogP contribution in [0, 0.1) is 5.82 Å². The van der Waals surface area contributed by atoms with Crippen LogP contribution in [-0.4, -0.2) is 10.5 Å². The standard InChI is InChI=1S/C23H18BrFN2O3/c24-16-10-11-17(18(25)14-16)22(15-6-2-1-3-7-15)26-21(28)12-13-27-19-8-4-5-9-20(19)30-23(27)29/h1-11,14,22H,12-13H2,(H,26,28). The molecule has 7 heteroatoms. The summed E-state index contributed by atoms with van der Waals surface area (Å²) in [4.78, 5) is 24.8. The molecule has 0 aliphatic heterocycles. The zero-order valence-electron chi connectivity index (χ0n) is 15.8. The van der Waals surface area contributed by atoms with Crippen LogP contribution in [0.15, 0.2) is 86.5 Å². The minimum Gasteiger partial charge on any atom is -0.408 e. The Bertz CT molecular complexity index is 1250. The molecule has 0 aliphatic carbocycles. The lowest BCUT2D eigenvalue weighted by Crippen LogP contribution is -2.31. The van der Waals surface area contributed by atoms with Crippen LogP contribution >= 0.6 is 15.9 Å². The van der Waals surface area contributed by atoms with Gasteiger partial charge in [0.05, 0.1) is 11.6 Å². The second-order valence-corrected chi connectivity index (χ2v) is 7.73. The molecule has 1 atom stereocenters. The smallest absolute Gasteiger partial charge is 0.408 e. The first-order valence-electron chi connectivity index (χ1n) is 9.40. The summed E-state index contributed by atoms with van der Waals surface area (Å²) in [6, 6.07) is 20.3. The van der Waals surface area contributed by atoms with Crippen molar-refractivity contribution in [2.75, 3.05) is 0 Å². The van der Waals surface area contributed by atoms with Crippen LogP contribution < -0.4 is 11.1 Å². The summed E-state index contributed by atoms with van der Waals surface area (Å²) in [6.45, 7) is 0.159. The van der Waals surface area contributed by atoms with E-state index < -0.39 is 17.6 Å². The minimum absolute atomic E-state index is 0.0465. The van der Waals surface area contributed by atoms with Crippen molar-refractivity contribution in [2.24, 2.45) is 0 Å². The van der Waals surface area contributed by atoms with E-state index in [1.807, 2.05) is 30.3 Å². The summed E-state index contributed by atoms with van der Waals surface area (Å²) in [6.07, 6.45) is 0.0465. The molecule has 4 aromatic rings. The molecular weight excluding hydrogens is 451 g/mol. The van der Waals surface area contributed by atoms with E-state index in [0.29, 0.717) is 21.1 Å². The molecule has 0 saturated carbocycles. The lowest BCUT2D eigenvalue weighted by Gasteiger charge is -2.20. The van der Waals surface area contributed by atoms with Gasteiger partial charge in [0.25, 0.3) is 0 Å². The summed E-state index contributed by atoms with van der Waals surface area (Å²) >= 11 is 3.26. The molecule has 1 unspecified atom stereocenters. The molecule has 1 aromatic heterocycles. The molecule has 3 aromatic carbocycles. The van der Waals surface area contributed by atoms with Crippen molar-refractivity contribution < 1.29 is 13.6 Å². The highest BCUT2D eigenvalue weighted by Gasteiger charge is 2.21. The van der Waals surface area contributed by atoms with Crippen LogP contribution in [-0.2, 0) is 11.3 Å². The minimum atomic E-state index is -0.649. The van der Waals surface area contributed by atoms with E-state index in [9.17, 15) is 14.0 Å². The number of amides is 1.